The van der Waals surface area contributed by atoms with Crippen molar-refractivity contribution in [3.05, 3.63) is 63.9 Å². The zero-order valence-corrected chi connectivity index (χ0v) is 22.9. The van der Waals surface area contributed by atoms with Gasteiger partial charge in [0.2, 0.25) is 5.91 Å². The number of hydrogen-bond acceptors (Lipinski definition) is 6. The third-order valence-electron chi connectivity index (χ3n) is 5.52. The fourth-order valence-corrected chi connectivity index (χ4v) is 3.83. The molecule has 0 heterocycles. The Morgan fingerprint density at radius 3 is 2.53 bits per heavy atom. The first kappa shape index (κ1) is 32.2. The van der Waals surface area contributed by atoms with E-state index in [-0.39, 0.29) is 24.3 Å². The lowest BCUT2D eigenvalue weighted by Crippen LogP contribution is -2.44. The van der Waals surface area contributed by atoms with Gasteiger partial charge in [0.15, 0.2) is 0 Å². The molecule has 10 nitrogen and oxygen atoms in total. The Kier molecular flexibility index (Phi) is 14.3. The zero-order valence-electron chi connectivity index (χ0n) is 22.2. The number of nitrogen functional groups attached to an aromatic ring is 1. The lowest BCUT2D eigenvalue weighted by atomic mass is 9.99. The molecule has 1 aliphatic carbocycles. The summed E-state index contributed by atoms with van der Waals surface area (Å²) in [6.07, 6.45) is 7.57. The fraction of sp³-hybridized carbons (Fsp3) is 0.407. The fourth-order valence-electron chi connectivity index (χ4n) is 3.61. The average Bonchev–Trinajstić information content (AvgIpc) is 3.09. The summed E-state index contributed by atoms with van der Waals surface area (Å²) >= 11 is 6.16. The summed E-state index contributed by atoms with van der Waals surface area (Å²) in [6.45, 7) is 5.62. The molecule has 208 valence electrons. The molecule has 0 spiro atoms. The molecule has 1 unspecified atom stereocenters. The van der Waals surface area contributed by atoms with Gasteiger partial charge in [-0.05, 0) is 48.3 Å². The van der Waals surface area contributed by atoms with Gasteiger partial charge in [-0.3, -0.25) is 4.79 Å². The van der Waals surface area contributed by atoms with Gasteiger partial charge in [-0.25, -0.2) is 9.59 Å². The minimum Gasteiger partial charge on any atom is -0.496 e. The van der Waals surface area contributed by atoms with Crippen molar-refractivity contribution in [3.63, 3.8) is 0 Å². The van der Waals surface area contributed by atoms with Crippen molar-refractivity contribution >= 4 is 41.5 Å². The minimum absolute atomic E-state index is 0.0206. The highest BCUT2D eigenvalue weighted by molar-refractivity contribution is 6.29. The lowest BCUT2D eigenvalue weighted by Gasteiger charge is -2.19. The first-order valence-corrected chi connectivity index (χ1v) is 12.7. The Hall–Kier alpha value is -3.79. The van der Waals surface area contributed by atoms with Crippen LogP contribution in [0.3, 0.4) is 0 Å². The van der Waals surface area contributed by atoms with E-state index < -0.39 is 29.9 Å². The number of aldehydes is 1. The van der Waals surface area contributed by atoms with Gasteiger partial charge in [0.1, 0.15) is 12.0 Å². The average molecular weight is 549 g/mol. The smallest absolute Gasteiger partial charge is 0.337 e. The summed E-state index contributed by atoms with van der Waals surface area (Å²) < 4.78 is 5.36. The Morgan fingerprint density at radius 1 is 1.24 bits per heavy atom. The first-order valence-electron chi connectivity index (χ1n) is 12.4. The van der Waals surface area contributed by atoms with Gasteiger partial charge < -0.3 is 36.3 Å². The minimum atomic E-state index is -1.14. The van der Waals surface area contributed by atoms with E-state index in [4.69, 9.17) is 27.2 Å². The number of carbonyl (C=O) groups is 4. The Labute approximate surface area is 228 Å². The van der Waals surface area contributed by atoms with Crippen LogP contribution in [-0.2, 0) is 14.3 Å². The van der Waals surface area contributed by atoms with Crippen molar-refractivity contribution in [2.45, 2.75) is 46.1 Å². The van der Waals surface area contributed by atoms with E-state index in [1.54, 1.807) is 18.2 Å². The van der Waals surface area contributed by atoms with Gasteiger partial charge in [0.25, 0.3) is 0 Å². The summed E-state index contributed by atoms with van der Waals surface area (Å²) in [5.74, 6) is -1.51. The zero-order chi connectivity index (χ0) is 28.7. The van der Waals surface area contributed by atoms with Crippen molar-refractivity contribution in [1.82, 2.24) is 16.0 Å². The molecule has 0 saturated heterocycles. The number of carboxylic acids is 1. The molecule has 11 heteroatoms. The second kappa shape index (κ2) is 16.9. The van der Waals surface area contributed by atoms with Crippen molar-refractivity contribution in [2.24, 2.45) is 5.92 Å². The second-order valence-electron chi connectivity index (χ2n) is 8.14. The Balaban J connectivity index is 0.00000352. The van der Waals surface area contributed by atoms with Crippen LogP contribution >= 0.6 is 11.6 Å². The van der Waals surface area contributed by atoms with E-state index in [1.165, 1.54) is 19.2 Å². The van der Waals surface area contributed by atoms with Crippen LogP contribution in [0.25, 0.3) is 0 Å². The van der Waals surface area contributed by atoms with Crippen LogP contribution < -0.4 is 21.7 Å². The van der Waals surface area contributed by atoms with E-state index in [0.717, 1.165) is 11.9 Å². The lowest BCUT2D eigenvalue weighted by molar-refractivity contribution is -0.120. The molecule has 0 saturated carbocycles. The van der Waals surface area contributed by atoms with Gasteiger partial charge >= 0.3 is 12.0 Å². The molecule has 3 amide bonds. The van der Waals surface area contributed by atoms with Crippen LogP contribution in [0.5, 0.6) is 0 Å². The Bertz CT molecular complexity index is 1080. The van der Waals surface area contributed by atoms with E-state index >= 15 is 0 Å². The molecule has 2 rings (SSSR count). The van der Waals surface area contributed by atoms with Crippen LogP contribution in [0.15, 0.2) is 52.8 Å². The number of urea groups is 1. The number of amides is 3. The number of allylic oxidation sites excluding steroid dienone is 5. The maximum Gasteiger partial charge on any atom is 0.337 e. The molecule has 38 heavy (non-hydrogen) atoms. The van der Waals surface area contributed by atoms with Gasteiger partial charge in [-0.15, -0.1) is 0 Å². The molecular formula is C27H37ClN4O6. The second-order valence-corrected chi connectivity index (χ2v) is 8.62. The number of aromatic carboxylic acids is 1. The highest BCUT2D eigenvalue weighted by Crippen LogP contribution is 2.25. The normalized spacial score (nSPS) is 14.1. The third-order valence-corrected chi connectivity index (χ3v) is 5.78. The standard InChI is InChI=1S/C25H31ClN4O6.C2H6/c1-3-21(16-7-8-19(24(33)34)20(27)11-16)30-25(35)29-13-23(32)28-12-15(14-31)9-17-10-18(26)5-4-6-22(17)36-2;1-2/h4,6-8,10-11,14-15,21H,3,5,9,12-13,27H2,1-2H3,(H,28,32)(H,33,34)(H2,29,30,35);1-2H3/t15-,21?;/m1./s1. The number of ether oxygens (including phenoxy) is 1. The summed E-state index contributed by atoms with van der Waals surface area (Å²) in [6, 6.07) is 3.45. The quantitative estimate of drug-likeness (QED) is 0.194. The van der Waals surface area contributed by atoms with Crippen LogP contribution in [0, 0.1) is 5.92 Å². The molecule has 6 N–H and O–H groups in total. The third kappa shape index (κ3) is 10.3. The SMILES string of the molecule is CC.CCC(NC(=O)NCC(=O)NC[C@H](C=O)CC1=C(OC)C=CCC(Cl)=C1)c1ccc(C(=O)O)c(N)c1. The number of methoxy groups -OCH3 is 1. The predicted molar refractivity (Wildman–Crippen MR) is 148 cm³/mol. The van der Waals surface area contributed by atoms with E-state index in [0.29, 0.717) is 35.6 Å². The largest absolute Gasteiger partial charge is 0.496 e. The molecule has 0 radical (unpaired) electrons. The van der Waals surface area contributed by atoms with E-state index in [9.17, 15) is 19.2 Å². The van der Waals surface area contributed by atoms with Gasteiger partial charge in [-0.1, -0.05) is 44.5 Å². The van der Waals surface area contributed by atoms with Crippen molar-refractivity contribution in [1.29, 1.82) is 0 Å². The van der Waals surface area contributed by atoms with Crippen LogP contribution in [-0.4, -0.2) is 49.5 Å². The monoisotopic (exact) mass is 548 g/mol. The summed E-state index contributed by atoms with van der Waals surface area (Å²) in [5, 5.41) is 17.6. The first-order chi connectivity index (χ1) is 18.2. The van der Waals surface area contributed by atoms with E-state index in [2.05, 4.69) is 16.0 Å². The number of benzene rings is 1. The highest BCUT2D eigenvalue weighted by atomic mass is 35.5. The highest BCUT2D eigenvalue weighted by Gasteiger charge is 2.18. The number of halogens is 1. The van der Waals surface area contributed by atoms with Gasteiger partial charge in [0, 0.05) is 29.6 Å². The van der Waals surface area contributed by atoms with Crippen LogP contribution in [0.2, 0.25) is 0 Å². The molecule has 1 aliphatic rings. The number of hydrogen-bond donors (Lipinski definition) is 5. The number of rotatable bonds is 12. The maximum absolute atomic E-state index is 12.3. The molecular weight excluding hydrogens is 512 g/mol. The number of nitrogens with one attached hydrogen (secondary N) is 3. The van der Waals surface area contributed by atoms with Gasteiger partial charge in [-0.2, -0.15) is 0 Å². The van der Waals surface area contributed by atoms with Crippen molar-refractivity contribution in [2.75, 3.05) is 25.9 Å². The molecule has 0 bridgehead atoms. The summed E-state index contributed by atoms with van der Waals surface area (Å²) in [7, 11) is 1.53. The van der Waals surface area contributed by atoms with E-state index in [1.807, 2.05) is 26.8 Å². The van der Waals surface area contributed by atoms with Crippen molar-refractivity contribution < 1.29 is 29.0 Å². The summed E-state index contributed by atoms with van der Waals surface area (Å²) in [4.78, 5) is 47.3. The van der Waals surface area contributed by atoms with Gasteiger partial charge in [0.05, 0.1) is 25.3 Å². The number of carbonyl (C=O) groups excluding carboxylic acids is 3. The molecule has 0 fully saturated rings. The molecule has 1 aromatic carbocycles. The maximum atomic E-state index is 12.3. The number of carboxylic acid groups (broad SMARTS) is 1. The topological polar surface area (TPSA) is 160 Å². The predicted octanol–water partition coefficient (Wildman–Crippen LogP) is 4.05. The molecule has 0 aliphatic heterocycles. The van der Waals surface area contributed by atoms with Crippen LogP contribution in [0.1, 0.15) is 62.0 Å². The van der Waals surface area contributed by atoms with Crippen molar-refractivity contribution in [3.8, 4) is 0 Å². The van der Waals surface area contributed by atoms with Crippen LogP contribution in [0.4, 0.5) is 10.5 Å². The molecule has 0 aromatic heterocycles. The molecule has 1 aromatic rings. The number of nitrogens with two attached hydrogens (primary N) is 1. The molecule has 2 atom stereocenters. The summed E-state index contributed by atoms with van der Waals surface area (Å²) in [5.41, 5.74) is 7.26. The number of anilines is 1. The Morgan fingerprint density at radius 2 is 1.95 bits per heavy atom.